The zero-order chi connectivity index (χ0) is 36.0. The Morgan fingerprint density at radius 3 is 1.56 bits per heavy atom. The van der Waals surface area contributed by atoms with Crippen LogP contribution in [0.5, 0.6) is 0 Å². The lowest BCUT2D eigenvalue weighted by Crippen LogP contribution is -2.16. The minimum absolute atomic E-state index is 0.213. The minimum Gasteiger partial charge on any atom is -0.427 e. The number of hydrogen-bond donors (Lipinski definition) is 2. The summed E-state index contributed by atoms with van der Waals surface area (Å²) in [4.78, 5) is 9.11. The summed E-state index contributed by atoms with van der Waals surface area (Å²) >= 11 is 8.94. The van der Waals surface area contributed by atoms with Crippen LogP contribution in [0.3, 0.4) is 0 Å². The number of halogens is 3. The van der Waals surface area contributed by atoms with Gasteiger partial charge in [0.05, 0.1) is 13.5 Å². The van der Waals surface area contributed by atoms with E-state index in [0.717, 1.165) is 62.2 Å². The van der Waals surface area contributed by atoms with Gasteiger partial charge in [0, 0.05) is 43.7 Å². The lowest BCUT2D eigenvalue weighted by molar-refractivity contribution is 0.403. The first-order valence-electron chi connectivity index (χ1n) is 15.7. The smallest absolute Gasteiger partial charge is 0.427 e. The van der Waals surface area contributed by atoms with E-state index in [1.807, 2.05) is 60.7 Å². The van der Waals surface area contributed by atoms with E-state index in [1.54, 1.807) is 60.9 Å². The third-order valence-electron chi connectivity index (χ3n) is 8.36. The molecule has 2 aliphatic carbocycles. The molecule has 260 valence electrons. The van der Waals surface area contributed by atoms with Crippen molar-refractivity contribution in [2.75, 3.05) is 0 Å². The van der Waals surface area contributed by atoms with Crippen molar-refractivity contribution in [1.29, 1.82) is 0 Å². The van der Waals surface area contributed by atoms with E-state index in [9.17, 15) is 16.8 Å². The van der Waals surface area contributed by atoms with Crippen LogP contribution in [0, 0.1) is 17.5 Å². The molecule has 0 amide bonds. The number of benzene rings is 2. The van der Waals surface area contributed by atoms with E-state index in [1.165, 1.54) is 7.94 Å². The van der Waals surface area contributed by atoms with Crippen molar-refractivity contribution in [3.63, 3.8) is 0 Å². The lowest BCUT2D eigenvalue weighted by Gasteiger charge is -2.11. The van der Waals surface area contributed by atoms with Gasteiger partial charge in [-0.2, -0.15) is 0 Å². The summed E-state index contributed by atoms with van der Waals surface area (Å²) in [7, 11) is -8.36. The van der Waals surface area contributed by atoms with Gasteiger partial charge in [0.2, 0.25) is 0 Å². The summed E-state index contributed by atoms with van der Waals surface area (Å²) in [6, 6.07) is 21.1. The Hall–Kier alpha value is -2.61. The molecular formula is C34H32BBr2IN4O6S2. The van der Waals surface area contributed by atoms with Crippen LogP contribution in [0.15, 0.2) is 104 Å². The van der Waals surface area contributed by atoms with Crippen LogP contribution in [0.25, 0.3) is 22.1 Å². The maximum absolute atomic E-state index is 13.2. The molecule has 2 aliphatic rings. The maximum atomic E-state index is 13.2. The van der Waals surface area contributed by atoms with Crippen molar-refractivity contribution in [3.05, 3.63) is 115 Å². The van der Waals surface area contributed by atoms with Gasteiger partial charge in [0.1, 0.15) is 0 Å². The quantitative estimate of drug-likeness (QED) is 0.127. The highest BCUT2D eigenvalue weighted by atomic mass is 127. The van der Waals surface area contributed by atoms with Crippen LogP contribution in [0.1, 0.15) is 48.4 Å². The van der Waals surface area contributed by atoms with Crippen molar-refractivity contribution in [3.8, 4) is 0 Å². The fourth-order valence-corrected chi connectivity index (χ4v) is 10.3. The van der Waals surface area contributed by atoms with Crippen molar-refractivity contribution in [2.24, 2.45) is 0 Å². The van der Waals surface area contributed by atoms with Crippen LogP contribution in [0.4, 0.5) is 0 Å². The van der Waals surface area contributed by atoms with Gasteiger partial charge in [0.15, 0.2) is 11.3 Å². The first kappa shape index (κ1) is 37.2. The van der Waals surface area contributed by atoms with Crippen LogP contribution >= 0.6 is 54.5 Å². The number of fused-ring (bicyclic) bond motifs is 2. The average molecular weight is 954 g/mol. The molecule has 0 radical (unpaired) electrons. The molecule has 0 spiro atoms. The lowest BCUT2D eigenvalue weighted by atomic mass is 9.84. The van der Waals surface area contributed by atoms with Crippen LogP contribution in [-0.2, 0) is 20.0 Å². The van der Waals surface area contributed by atoms with Gasteiger partial charge in [-0.05, 0) is 135 Å². The summed E-state index contributed by atoms with van der Waals surface area (Å²) < 4.78 is 57.1. The van der Waals surface area contributed by atoms with Crippen LogP contribution in [0.2, 0.25) is 5.82 Å². The molecule has 4 aromatic heterocycles. The number of pyridine rings is 2. The monoisotopic (exact) mass is 952 g/mol. The predicted molar refractivity (Wildman–Crippen MR) is 210 cm³/mol. The molecular weight excluding hydrogens is 922 g/mol. The van der Waals surface area contributed by atoms with Crippen molar-refractivity contribution < 1.29 is 26.9 Å². The third-order valence-corrected chi connectivity index (χ3v) is 14.3. The molecule has 16 heteroatoms. The summed E-state index contributed by atoms with van der Waals surface area (Å²) in [6.07, 6.45) is 7.26. The Balaban J connectivity index is 0.000000149. The molecule has 6 aromatic rings. The van der Waals surface area contributed by atoms with E-state index >= 15 is 0 Å². The second-order valence-corrected chi connectivity index (χ2v) is 18.7. The summed E-state index contributed by atoms with van der Waals surface area (Å²) in [6.45, 7) is 3.86. The molecule has 2 fully saturated rings. The standard InChI is InChI=1S/C17H15BrN2O2S.C14H10BrIN2O2S.C3H7BO2/c1-11-2-6-13(7-3-11)23(21,22)20-16(12-4-5-12)10-14-15(18)8-9-19-17(14)20;1-9-2-4-10(5-3-9)21(19,20)18-13(16)8-11-12(15)6-7-17-14(11)18;5-4(6)3-1-2-3/h2-3,6-10,12H,4-5H2,1H3;2-8H,1H3;3,5-6H,1-2H2. The summed E-state index contributed by atoms with van der Waals surface area (Å²) in [5.41, 5.74) is 3.79. The Morgan fingerprint density at radius 2 is 1.14 bits per heavy atom. The molecule has 0 bridgehead atoms. The first-order chi connectivity index (χ1) is 23.7. The number of aromatic nitrogens is 4. The molecule has 2 saturated carbocycles. The Bertz CT molecular complexity index is 2410. The fourth-order valence-electron chi connectivity index (χ4n) is 5.25. The highest BCUT2D eigenvalue weighted by Gasteiger charge is 2.34. The van der Waals surface area contributed by atoms with Gasteiger partial charge < -0.3 is 10.0 Å². The molecule has 0 unspecified atom stereocenters. The fraction of sp³-hybridized carbons (Fsp3) is 0.235. The van der Waals surface area contributed by atoms with Crippen LogP contribution in [-0.4, -0.2) is 51.9 Å². The van der Waals surface area contributed by atoms with Crippen molar-refractivity contribution >= 4 is 104 Å². The number of rotatable bonds is 6. The van der Waals surface area contributed by atoms with E-state index in [2.05, 4.69) is 41.8 Å². The molecule has 10 nitrogen and oxygen atoms in total. The van der Waals surface area contributed by atoms with Crippen molar-refractivity contribution in [1.82, 2.24) is 17.9 Å². The molecule has 0 aliphatic heterocycles. The van der Waals surface area contributed by atoms with E-state index < -0.39 is 27.2 Å². The van der Waals surface area contributed by atoms with E-state index in [0.29, 0.717) is 25.8 Å². The maximum Gasteiger partial charge on any atom is 0.454 e. The Kier molecular flexibility index (Phi) is 11.0. The van der Waals surface area contributed by atoms with Gasteiger partial charge in [0.25, 0.3) is 20.0 Å². The predicted octanol–water partition coefficient (Wildman–Crippen LogP) is 7.79. The van der Waals surface area contributed by atoms with Gasteiger partial charge in [-0.1, -0.05) is 48.2 Å². The highest BCUT2D eigenvalue weighted by Crippen LogP contribution is 2.44. The van der Waals surface area contributed by atoms with Crippen molar-refractivity contribution in [2.45, 2.75) is 61.1 Å². The topological polar surface area (TPSA) is 144 Å². The molecule has 0 atom stereocenters. The SMILES string of the molecule is Cc1ccc(S(=O)(=O)n2c(C3CC3)cc3c(Br)ccnc32)cc1.Cc1ccc(S(=O)(=O)n2c(I)cc3c(Br)ccnc32)cc1.OB(O)C1CC1. The number of nitrogens with zero attached hydrogens (tertiary/aromatic N) is 4. The highest BCUT2D eigenvalue weighted by molar-refractivity contribution is 14.1. The zero-order valence-corrected chi connectivity index (χ0v) is 33.9. The average Bonchev–Trinajstić information content (AvgIpc) is 4.01. The van der Waals surface area contributed by atoms with E-state index in [4.69, 9.17) is 10.0 Å². The Morgan fingerprint density at radius 1 is 0.700 bits per heavy atom. The zero-order valence-electron chi connectivity index (χ0n) is 26.9. The van der Waals surface area contributed by atoms with E-state index in [-0.39, 0.29) is 10.7 Å². The summed E-state index contributed by atoms with van der Waals surface area (Å²) in [5.74, 6) is 0.515. The normalized spacial score (nSPS) is 14.5. The van der Waals surface area contributed by atoms with Gasteiger partial charge in [-0.15, -0.1) is 0 Å². The largest absolute Gasteiger partial charge is 0.454 e. The molecule has 8 rings (SSSR count). The second-order valence-electron chi connectivity index (χ2n) is 12.3. The minimum atomic E-state index is -3.66. The first-order valence-corrected chi connectivity index (χ1v) is 21.2. The third kappa shape index (κ3) is 7.76. The molecule has 50 heavy (non-hydrogen) atoms. The van der Waals surface area contributed by atoms with Crippen LogP contribution < -0.4 is 0 Å². The number of hydrogen-bond acceptors (Lipinski definition) is 8. The molecule has 0 saturated heterocycles. The molecule has 2 aromatic carbocycles. The van der Waals surface area contributed by atoms with Gasteiger partial charge in [-0.25, -0.2) is 34.7 Å². The molecule has 2 N–H and O–H groups in total. The molecule has 4 heterocycles. The Labute approximate surface area is 321 Å². The second kappa shape index (κ2) is 14.8. The van der Waals surface area contributed by atoms with Gasteiger partial charge >= 0.3 is 7.12 Å². The van der Waals surface area contributed by atoms with Gasteiger partial charge in [-0.3, -0.25) is 0 Å². The number of aryl methyl sites for hydroxylation is 2. The summed E-state index contributed by atoms with van der Waals surface area (Å²) in [5, 5.41) is 18.1.